The second kappa shape index (κ2) is 12.3. The molecule has 0 aliphatic carbocycles. The number of methoxy groups -OCH3 is 1. The number of fused-ring (bicyclic) bond motifs is 1. The van der Waals surface area contributed by atoms with Crippen LogP contribution in [0, 0.1) is 13.8 Å². The third-order valence-electron chi connectivity index (χ3n) is 6.76. The normalized spacial score (nSPS) is 11.4. The Bertz CT molecular complexity index is 1500. The lowest BCUT2D eigenvalue weighted by Gasteiger charge is -2.23. The third-order valence-corrected chi connectivity index (χ3v) is 6.76. The minimum atomic E-state index is -0.346. The molecule has 1 aromatic heterocycles. The summed E-state index contributed by atoms with van der Waals surface area (Å²) < 4.78 is 6.97. The molecule has 1 heterocycles. The van der Waals surface area contributed by atoms with Gasteiger partial charge in [0, 0.05) is 37.1 Å². The second-order valence-electron chi connectivity index (χ2n) is 11.1. The molecule has 3 aromatic carbocycles. The van der Waals surface area contributed by atoms with E-state index in [0.717, 1.165) is 33.3 Å². The van der Waals surface area contributed by atoms with Gasteiger partial charge in [-0.2, -0.15) is 5.10 Å². The fourth-order valence-corrected chi connectivity index (χ4v) is 4.60. The van der Waals surface area contributed by atoms with E-state index in [1.165, 1.54) is 4.90 Å². The number of ether oxygens (including phenoxy) is 1. The molecule has 210 valence electrons. The van der Waals surface area contributed by atoms with Crippen molar-refractivity contribution in [2.45, 2.75) is 46.5 Å². The number of carbonyl (C=O) groups excluding carboxylic acids is 2. The molecule has 0 aliphatic rings. The Kier molecular flexibility index (Phi) is 8.90. The van der Waals surface area contributed by atoms with Crippen LogP contribution in [0.3, 0.4) is 0 Å². The lowest BCUT2D eigenvalue weighted by Crippen LogP contribution is -2.41. The maximum absolute atomic E-state index is 13.4. The molecule has 8 nitrogen and oxygen atoms in total. The van der Waals surface area contributed by atoms with Crippen molar-refractivity contribution in [2.75, 3.05) is 37.4 Å². The van der Waals surface area contributed by atoms with Gasteiger partial charge >= 0.3 is 6.03 Å². The van der Waals surface area contributed by atoms with Crippen LogP contribution in [0.4, 0.5) is 16.3 Å². The summed E-state index contributed by atoms with van der Waals surface area (Å²) in [6, 6.07) is 21.3. The first-order valence-electron chi connectivity index (χ1n) is 13.6. The summed E-state index contributed by atoms with van der Waals surface area (Å²) in [7, 11) is 1.62. The fraction of sp³-hybridized carbons (Fsp3) is 0.344. The number of urea groups is 1. The zero-order valence-corrected chi connectivity index (χ0v) is 24.2. The minimum absolute atomic E-state index is 0.122. The van der Waals surface area contributed by atoms with Crippen LogP contribution < -0.4 is 10.6 Å². The van der Waals surface area contributed by atoms with Crippen LogP contribution in [-0.2, 0) is 14.9 Å². The zero-order chi connectivity index (χ0) is 28.9. The van der Waals surface area contributed by atoms with Crippen LogP contribution in [0.15, 0.2) is 66.7 Å². The van der Waals surface area contributed by atoms with Gasteiger partial charge in [-0.1, -0.05) is 74.9 Å². The summed E-state index contributed by atoms with van der Waals surface area (Å²) in [6.07, 6.45) is 0.599. The van der Waals surface area contributed by atoms with E-state index < -0.39 is 0 Å². The van der Waals surface area contributed by atoms with Gasteiger partial charge < -0.3 is 20.3 Å². The molecule has 0 saturated heterocycles. The smallest absolute Gasteiger partial charge is 0.322 e. The van der Waals surface area contributed by atoms with Gasteiger partial charge in [0.2, 0.25) is 5.91 Å². The Morgan fingerprint density at radius 3 is 2.45 bits per heavy atom. The lowest BCUT2D eigenvalue weighted by atomic mass is 9.92. The predicted molar refractivity (Wildman–Crippen MR) is 161 cm³/mol. The first-order chi connectivity index (χ1) is 19.1. The maximum Gasteiger partial charge on any atom is 0.322 e. The number of hydrogen-bond acceptors (Lipinski definition) is 4. The SMILES string of the molecule is COCCCN(CC(=O)Nc1cc(C(C)(C)C)nn1-c1ccc(C)cc1C)C(=O)Nc1cccc2ccccc12. The summed E-state index contributed by atoms with van der Waals surface area (Å²) in [6.45, 7) is 11.1. The van der Waals surface area contributed by atoms with Crippen LogP contribution in [0.2, 0.25) is 0 Å². The molecule has 0 fully saturated rings. The third kappa shape index (κ3) is 6.87. The summed E-state index contributed by atoms with van der Waals surface area (Å²) in [5.74, 6) is 0.255. The number of hydrogen-bond donors (Lipinski definition) is 2. The molecule has 0 spiro atoms. The van der Waals surface area contributed by atoms with Crippen LogP contribution in [0.5, 0.6) is 0 Å². The number of benzene rings is 3. The van der Waals surface area contributed by atoms with Gasteiger partial charge in [-0.05, 0) is 43.4 Å². The number of aromatic nitrogens is 2. The van der Waals surface area contributed by atoms with Gasteiger partial charge in [0.05, 0.1) is 17.1 Å². The summed E-state index contributed by atoms with van der Waals surface area (Å²) >= 11 is 0. The van der Waals surface area contributed by atoms with Crippen LogP contribution in [-0.4, -0.2) is 53.4 Å². The van der Waals surface area contributed by atoms with E-state index in [9.17, 15) is 9.59 Å². The minimum Gasteiger partial charge on any atom is -0.385 e. The standard InChI is InChI=1S/C32H39N5O3/c1-22-15-16-27(23(2)19-22)37-29(20-28(35-37)32(3,4)5)34-30(38)21-36(17-10-18-40-6)31(39)33-26-14-9-12-24-11-7-8-13-25(24)26/h7-9,11-16,19-20H,10,17-18,21H2,1-6H3,(H,33,39)(H,34,38). The van der Waals surface area contributed by atoms with E-state index in [4.69, 9.17) is 9.84 Å². The number of aryl methyl sites for hydroxylation is 2. The number of nitrogens with one attached hydrogen (secondary N) is 2. The zero-order valence-electron chi connectivity index (χ0n) is 24.2. The van der Waals surface area contributed by atoms with Crippen molar-refractivity contribution in [2.24, 2.45) is 0 Å². The van der Waals surface area contributed by atoms with Crippen molar-refractivity contribution >= 4 is 34.2 Å². The van der Waals surface area contributed by atoms with Crippen molar-refractivity contribution in [3.05, 3.63) is 83.6 Å². The lowest BCUT2D eigenvalue weighted by molar-refractivity contribution is -0.116. The van der Waals surface area contributed by atoms with Crippen LogP contribution in [0.1, 0.15) is 44.0 Å². The van der Waals surface area contributed by atoms with Gasteiger partial charge in [-0.3, -0.25) is 4.79 Å². The molecule has 0 unspecified atom stereocenters. The number of rotatable bonds is 9. The quantitative estimate of drug-likeness (QED) is 0.238. The van der Waals surface area contributed by atoms with Crippen molar-refractivity contribution in [3.8, 4) is 5.69 Å². The number of anilines is 2. The summed E-state index contributed by atoms with van der Waals surface area (Å²) in [4.78, 5) is 28.3. The van der Waals surface area contributed by atoms with Crippen molar-refractivity contribution in [1.82, 2.24) is 14.7 Å². The van der Waals surface area contributed by atoms with Crippen LogP contribution >= 0.6 is 0 Å². The highest BCUT2D eigenvalue weighted by Gasteiger charge is 2.24. The van der Waals surface area contributed by atoms with E-state index in [-0.39, 0.29) is 23.9 Å². The molecule has 2 N–H and O–H groups in total. The topological polar surface area (TPSA) is 88.5 Å². The van der Waals surface area contributed by atoms with Gasteiger partial charge in [-0.15, -0.1) is 0 Å². The van der Waals surface area contributed by atoms with Gasteiger partial charge in [0.15, 0.2) is 0 Å². The molecular weight excluding hydrogens is 502 g/mol. The van der Waals surface area contributed by atoms with E-state index in [2.05, 4.69) is 37.5 Å². The van der Waals surface area contributed by atoms with Gasteiger partial charge in [0.1, 0.15) is 12.4 Å². The van der Waals surface area contributed by atoms with Crippen molar-refractivity contribution in [3.63, 3.8) is 0 Å². The monoisotopic (exact) mass is 541 g/mol. The average Bonchev–Trinajstić information content (AvgIpc) is 3.32. The Balaban J connectivity index is 1.57. The Morgan fingerprint density at radius 2 is 1.73 bits per heavy atom. The predicted octanol–water partition coefficient (Wildman–Crippen LogP) is 6.45. The molecular formula is C32H39N5O3. The molecule has 8 heteroatoms. The summed E-state index contributed by atoms with van der Waals surface area (Å²) in [5.41, 5.74) is 4.43. The first-order valence-corrected chi connectivity index (χ1v) is 13.6. The van der Waals surface area contributed by atoms with Gasteiger partial charge in [-0.25, -0.2) is 9.48 Å². The number of carbonyl (C=O) groups is 2. The molecule has 40 heavy (non-hydrogen) atoms. The molecule has 4 rings (SSSR count). The second-order valence-corrected chi connectivity index (χ2v) is 11.1. The molecule has 4 aromatic rings. The fourth-order valence-electron chi connectivity index (χ4n) is 4.60. The first kappa shape index (κ1) is 28.8. The molecule has 0 radical (unpaired) electrons. The number of nitrogens with zero attached hydrogens (tertiary/aromatic N) is 3. The van der Waals surface area contributed by atoms with Crippen molar-refractivity contribution < 1.29 is 14.3 Å². The van der Waals surface area contributed by atoms with E-state index >= 15 is 0 Å². The number of amides is 3. The van der Waals surface area contributed by atoms with Gasteiger partial charge in [0.25, 0.3) is 0 Å². The molecule has 0 atom stereocenters. The molecule has 3 amide bonds. The van der Waals surface area contributed by atoms with E-state index in [0.29, 0.717) is 31.1 Å². The maximum atomic E-state index is 13.4. The highest BCUT2D eigenvalue weighted by molar-refractivity contribution is 6.03. The van der Waals surface area contributed by atoms with E-state index in [1.54, 1.807) is 11.8 Å². The largest absolute Gasteiger partial charge is 0.385 e. The Labute approximate surface area is 236 Å². The van der Waals surface area contributed by atoms with Crippen molar-refractivity contribution in [1.29, 1.82) is 0 Å². The van der Waals surface area contributed by atoms with E-state index in [1.807, 2.05) is 74.5 Å². The van der Waals surface area contributed by atoms with Crippen LogP contribution in [0.25, 0.3) is 16.5 Å². The highest BCUT2D eigenvalue weighted by Crippen LogP contribution is 2.28. The molecule has 0 bridgehead atoms. The average molecular weight is 542 g/mol. The highest BCUT2D eigenvalue weighted by atomic mass is 16.5. The Morgan fingerprint density at radius 1 is 0.975 bits per heavy atom. The molecule has 0 aliphatic heterocycles. The summed E-state index contributed by atoms with van der Waals surface area (Å²) in [5, 5.41) is 12.8. The Hall–Kier alpha value is -4.17. The molecule has 0 saturated carbocycles.